The van der Waals surface area contributed by atoms with Crippen LogP contribution in [0.25, 0.3) is 0 Å². The molecule has 1 aliphatic carbocycles. The molecule has 1 amide bonds. The first kappa shape index (κ1) is 22.0. The number of rotatable bonds is 6. The zero-order valence-corrected chi connectivity index (χ0v) is 19.1. The van der Waals surface area contributed by atoms with Gasteiger partial charge in [-0.15, -0.1) is 0 Å². The SMILES string of the molecule is CNc1nc(N2CCC(C(=O)NCC3CCCCC3)CC2)nc(N2CCN(C)CC2)n1. The van der Waals surface area contributed by atoms with Crippen molar-refractivity contribution < 1.29 is 4.79 Å². The van der Waals surface area contributed by atoms with Crippen LogP contribution in [-0.2, 0) is 4.79 Å². The van der Waals surface area contributed by atoms with Crippen LogP contribution in [0.3, 0.4) is 0 Å². The molecule has 4 rings (SSSR count). The summed E-state index contributed by atoms with van der Waals surface area (Å²) < 4.78 is 0. The maximum Gasteiger partial charge on any atom is 0.232 e. The van der Waals surface area contributed by atoms with E-state index in [1.165, 1.54) is 32.1 Å². The van der Waals surface area contributed by atoms with Crippen molar-refractivity contribution in [3.63, 3.8) is 0 Å². The minimum absolute atomic E-state index is 0.0996. The Bertz CT molecular complexity index is 722. The van der Waals surface area contributed by atoms with Gasteiger partial charge >= 0.3 is 0 Å². The van der Waals surface area contributed by atoms with Crippen LogP contribution in [0, 0.1) is 11.8 Å². The van der Waals surface area contributed by atoms with Gasteiger partial charge in [-0.2, -0.15) is 15.0 Å². The van der Waals surface area contributed by atoms with E-state index in [4.69, 9.17) is 4.98 Å². The zero-order valence-electron chi connectivity index (χ0n) is 19.1. The maximum atomic E-state index is 12.7. The van der Waals surface area contributed by atoms with E-state index >= 15 is 0 Å². The number of anilines is 3. The molecule has 2 N–H and O–H groups in total. The highest BCUT2D eigenvalue weighted by Crippen LogP contribution is 2.25. The first-order valence-electron chi connectivity index (χ1n) is 12.0. The predicted octanol–water partition coefficient (Wildman–Crippen LogP) is 1.58. The number of nitrogens with zero attached hydrogens (tertiary/aromatic N) is 6. The topological polar surface area (TPSA) is 89.5 Å². The van der Waals surface area contributed by atoms with Gasteiger partial charge in [0.15, 0.2) is 0 Å². The molecule has 9 nitrogen and oxygen atoms in total. The minimum atomic E-state index is 0.0996. The molecular formula is C22H38N8O. The molecule has 9 heteroatoms. The van der Waals surface area contributed by atoms with Crippen LogP contribution in [0.2, 0.25) is 0 Å². The van der Waals surface area contributed by atoms with E-state index in [9.17, 15) is 4.79 Å². The Morgan fingerprint density at radius 3 is 2.10 bits per heavy atom. The maximum absolute atomic E-state index is 12.7. The third-order valence-corrected chi connectivity index (χ3v) is 7.06. The fraction of sp³-hybridized carbons (Fsp3) is 0.818. The summed E-state index contributed by atoms with van der Waals surface area (Å²) in [5.41, 5.74) is 0. The molecule has 3 heterocycles. The number of carbonyl (C=O) groups excluding carboxylic acids is 1. The fourth-order valence-electron chi connectivity index (χ4n) is 4.88. The highest BCUT2D eigenvalue weighted by atomic mass is 16.1. The second-order valence-corrected chi connectivity index (χ2v) is 9.31. The minimum Gasteiger partial charge on any atom is -0.357 e. The van der Waals surface area contributed by atoms with Gasteiger partial charge in [-0.05, 0) is 38.6 Å². The summed E-state index contributed by atoms with van der Waals surface area (Å²) in [6.45, 7) is 6.33. The first-order chi connectivity index (χ1) is 15.1. The van der Waals surface area contributed by atoms with Crippen molar-refractivity contribution in [2.24, 2.45) is 11.8 Å². The molecule has 2 saturated heterocycles. The van der Waals surface area contributed by atoms with Gasteiger partial charge in [-0.1, -0.05) is 19.3 Å². The van der Waals surface area contributed by atoms with Crippen LogP contribution in [0.4, 0.5) is 17.8 Å². The van der Waals surface area contributed by atoms with Crippen LogP contribution in [0.1, 0.15) is 44.9 Å². The molecule has 0 radical (unpaired) electrons. The summed E-state index contributed by atoms with van der Waals surface area (Å²) >= 11 is 0. The Morgan fingerprint density at radius 1 is 0.871 bits per heavy atom. The van der Waals surface area contributed by atoms with Gasteiger partial charge in [0.25, 0.3) is 0 Å². The monoisotopic (exact) mass is 430 g/mol. The summed E-state index contributed by atoms with van der Waals surface area (Å²) in [5, 5.41) is 6.31. The first-order valence-corrected chi connectivity index (χ1v) is 12.0. The quantitative estimate of drug-likeness (QED) is 0.703. The predicted molar refractivity (Wildman–Crippen MR) is 124 cm³/mol. The Kier molecular flexibility index (Phi) is 7.42. The number of nitrogens with one attached hydrogen (secondary N) is 2. The smallest absolute Gasteiger partial charge is 0.232 e. The Balaban J connectivity index is 1.32. The van der Waals surface area contributed by atoms with Crippen LogP contribution in [0.5, 0.6) is 0 Å². The van der Waals surface area contributed by atoms with Crippen molar-refractivity contribution in [2.75, 3.05) is 75.0 Å². The Labute approximate surface area is 186 Å². The average Bonchev–Trinajstić information content (AvgIpc) is 2.83. The lowest BCUT2D eigenvalue weighted by atomic mass is 9.89. The molecule has 0 atom stereocenters. The number of hydrogen-bond donors (Lipinski definition) is 2. The van der Waals surface area contributed by atoms with Gasteiger partial charge < -0.3 is 25.3 Å². The van der Waals surface area contributed by atoms with E-state index in [1.807, 2.05) is 7.05 Å². The largest absolute Gasteiger partial charge is 0.357 e. The molecule has 1 aromatic rings. The van der Waals surface area contributed by atoms with Crippen LogP contribution >= 0.6 is 0 Å². The molecule has 1 saturated carbocycles. The molecule has 31 heavy (non-hydrogen) atoms. The van der Waals surface area contributed by atoms with Gasteiger partial charge in [0.2, 0.25) is 23.8 Å². The number of piperazine rings is 1. The third kappa shape index (κ3) is 5.75. The number of piperidine rings is 1. The molecule has 1 aromatic heterocycles. The molecule has 0 aromatic carbocycles. The van der Waals surface area contributed by atoms with Crippen LogP contribution in [-0.4, -0.2) is 85.7 Å². The van der Waals surface area contributed by atoms with Crippen LogP contribution in [0.15, 0.2) is 0 Å². The lowest BCUT2D eigenvalue weighted by Crippen LogP contribution is -2.45. The number of carbonyl (C=O) groups is 1. The zero-order chi connectivity index (χ0) is 21.6. The number of aromatic nitrogens is 3. The van der Waals surface area contributed by atoms with Gasteiger partial charge in [0.1, 0.15) is 0 Å². The number of likely N-dealkylation sites (N-methyl/N-ethyl adjacent to an activating group) is 1. The second kappa shape index (κ2) is 10.4. The summed E-state index contributed by atoms with van der Waals surface area (Å²) in [6, 6.07) is 0. The summed E-state index contributed by atoms with van der Waals surface area (Å²) in [7, 11) is 3.99. The molecule has 3 fully saturated rings. The Morgan fingerprint density at radius 2 is 1.48 bits per heavy atom. The number of hydrogen-bond acceptors (Lipinski definition) is 8. The molecule has 0 bridgehead atoms. The molecular weight excluding hydrogens is 392 g/mol. The van der Waals surface area contributed by atoms with E-state index in [2.05, 4.69) is 42.3 Å². The van der Waals surface area contributed by atoms with Gasteiger partial charge in [-0.25, -0.2) is 0 Å². The molecule has 172 valence electrons. The Hall–Kier alpha value is -2.16. The van der Waals surface area contributed by atoms with Crippen molar-refractivity contribution in [3.05, 3.63) is 0 Å². The molecule has 2 aliphatic heterocycles. The molecule has 3 aliphatic rings. The molecule has 0 unspecified atom stereocenters. The van der Waals surface area contributed by atoms with E-state index in [-0.39, 0.29) is 11.8 Å². The number of amides is 1. The highest BCUT2D eigenvalue weighted by Gasteiger charge is 2.28. The van der Waals surface area contributed by atoms with Gasteiger partial charge in [-0.3, -0.25) is 4.79 Å². The summed E-state index contributed by atoms with van der Waals surface area (Å²) in [4.78, 5) is 33.4. The lowest BCUT2D eigenvalue weighted by Gasteiger charge is -2.34. The highest BCUT2D eigenvalue weighted by molar-refractivity contribution is 5.79. The van der Waals surface area contributed by atoms with E-state index in [0.717, 1.165) is 64.6 Å². The van der Waals surface area contributed by atoms with Gasteiger partial charge in [0, 0.05) is 58.8 Å². The summed E-state index contributed by atoms with van der Waals surface area (Å²) in [6.07, 6.45) is 8.21. The van der Waals surface area contributed by atoms with Crippen molar-refractivity contribution in [1.82, 2.24) is 25.2 Å². The van der Waals surface area contributed by atoms with Gasteiger partial charge in [0.05, 0.1) is 0 Å². The molecule has 0 spiro atoms. The van der Waals surface area contributed by atoms with E-state index in [0.29, 0.717) is 17.8 Å². The van der Waals surface area contributed by atoms with Crippen molar-refractivity contribution in [1.29, 1.82) is 0 Å². The van der Waals surface area contributed by atoms with Crippen LogP contribution < -0.4 is 20.4 Å². The second-order valence-electron chi connectivity index (χ2n) is 9.31. The van der Waals surface area contributed by atoms with Crippen molar-refractivity contribution >= 4 is 23.8 Å². The third-order valence-electron chi connectivity index (χ3n) is 7.06. The fourth-order valence-corrected chi connectivity index (χ4v) is 4.88. The van der Waals surface area contributed by atoms with Crippen molar-refractivity contribution in [2.45, 2.75) is 44.9 Å². The lowest BCUT2D eigenvalue weighted by molar-refractivity contribution is -0.125. The van der Waals surface area contributed by atoms with E-state index in [1.54, 1.807) is 0 Å². The standard InChI is InChI=1S/C22H38N8O/c1-23-20-25-21(27-22(26-20)30-14-12-28(2)13-15-30)29-10-8-18(9-11-29)19(31)24-16-17-6-4-3-5-7-17/h17-18H,3-16H2,1-2H3,(H,24,31)(H,23,25,26,27). The van der Waals surface area contributed by atoms with Crippen molar-refractivity contribution in [3.8, 4) is 0 Å². The van der Waals surface area contributed by atoms with E-state index < -0.39 is 0 Å². The normalized spacial score (nSPS) is 21.9. The average molecular weight is 431 g/mol. The summed E-state index contributed by atoms with van der Waals surface area (Å²) in [5.74, 6) is 3.07.